The van der Waals surface area contributed by atoms with E-state index in [1.54, 1.807) is 10.9 Å². The van der Waals surface area contributed by atoms with Crippen molar-refractivity contribution in [2.24, 2.45) is 0 Å². The average Bonchev–Trinajstić information content (AvgIpc) is 3.03. The van der Waals surface area contributed by atoms with Crippen molar-refractivity contribution in [3.05, 3.63) is 42.7 Å². The molecule has 1 saturated heterocycles. The zero-order valence-corrected chi connectivity index (χ0v) is 12.5. The molecule has 1 aromatic heterocycles. The van der Waals surface area contributed by atoms with E-state index in [1.807, 2.05) is 36.5 Å². The predicted octanol–water partition coefficient (Wildman–Crippen LogP) is 2.37. The fourth-order valence-corrected chi connectivity index (χ4v) is 2.42. The first kappa shape index (κ1) is 15.5. The molecule has 1 atom stereocenters. The van der Waals surface area contributed by atoms with Gasteiger partial charge in [0, 0.05) is 18.1 Å². The molecule has 0 aliphatic carbocycles. The minimum Gasteiger partial charge on any atom is -0.325 e. The molecule has 1 aliphatic heterocycles. The fourth-order valence-electron chi connectivity index (χ4n) is 2.42. The van der Waals surface area contributed by atoms with Crippen molar-refractivity contribution in [1.82, 2.24) is 15.1 Å². The Balaban J connectivity index is 0.00000161. The Labute approximate surface area is 130 Å². The van der Waals surface area contributed by atoms with Gasteiger partial charge in [0.05, 0.1) is 11.7 Å². The third kappa shape index (κ3) is 3.83. The third-order valence-corrected chi connectivity index (χ3v) is 3.53. The van der Waals surface area contributed by atoms with Gasteiger partial charge in [0.25, 0.3) is 0 Å². The van der Waals surface area contributed by atoms with E-state index in [4.69, 9.17) is 0 Å². The SMILES string of the molecule is Cl.O=C(Nc1ccc(-n2cccn2)cc1)[C@H]1CCCCN1. The van der Waals surface area contributed by atoms with Crippen molar-refractivity contribution in [2.75, 3.05) is 11.9 Å². The summed E-state index contributed by atoms with van der Waals surface area (Å²) in [6.07, 6.45) is 6.81. The van der Waals surface area contributed by atoms with Crippen LogP contribution in [0.2, 0.25) is 0 Å². The summed E-state index contributed by atoms with van der Waals surface area (Å²) in [5.74, 6) is 0.0524. The number of rotatable bonds is 3. The van der Waals surface area contributed by atoms with Gasteiger partial charge in [-0.2, -0.15) is 5.10 Å². The van der Waals surface area contributed by atoms with E-state index in [2.05, 4.69) is 15.7 Å². The van der Waals surface area contributed by atoms with Crippen molar-refractivity contribution in [3.8, 4) is 5.69 Å². The van der Waals surface area contributed by atoms with Crippen LogP contribution in [-0.4, -0.2) is 28.3 Å². The van der Waals surface area contributed by atoms with Crippen LogP contribution in [0.4, 0.5) is 5.69 Å². The predicted molar refractivity (Wildman–Crippen MR) is 85.1 cm³/mol. The second kappa shape index (κ2) is 7.24. The molecule has 3 rings (SSSR count). The molecule has 1 amide bonds. The minimum absolute atomic E-state index is 0. The number of carbonyl (C=O) groups excluding carboxylic acids is 1. The second-order valence-corrected chi connectivity index (χ2v) is 4.99. The summed E-state index contributed by atoms with van der Waals surface area (Å²) in [6, 6.07) is 9.50. The number of halogens is 1. The molecule has 0 bridgehead atoms. The van der Waals surface area contributed by atoms with Gasteiger partial charge < -0.3 is 10.6 Å². The van der Waals surface area contributed by atoms with Crippen LogP contribution in [0.25, 0.3) is 5.69 Å². The highest BCUT2D eigenvalue weighted by molar-refractivity contribution is 5.94. The lowest BCUT2D eigenvalue weighted by Gasteiger charge is -2.22. The smallest absolute Gasteiger partial charge is 0.241 e. The van der Waals surface area contributed by atoms with Crippen LogP contribution in [0.15, 0.2) is 42.7 Å². The minimum atomic E-state index is -0.0606. The van der Waals surface area contributed by atoms with Crippen molar-refractivity contribution in [1.29, 1.82) is 0 Å². The van der Waals surface area contributed by atoms with Crippen LogP contribution < -0.4 is 10.6 Å². The Morgan fingerprint density at radius 2 is 2.10 bits per heavy atom. The number of piperidine rings is 1. The maximum atomic E-state index is 12.1. The molecule has 2 heterocycles. The van der Waals surface area contributed by atoms with Crippen LogP contribution in [0, 0.1) is 0 Å². The highest BCUT2D eigenvalue weighted by Crippen LogP contribution is 2.14. The normalized spacial score (nSPS) is 17.8. The van der Waals surface area contributed by atoms with Crippen molar-refractivity contribution in [3.63, 3.8) is 0 Å². The summed E-state index contributed by atoms with van der Waals surface area (Å²) >= 11 is 0. The third-order valence-electron chi connectivity index (χ3n) is 3.53. The summed E-state index contributed by atoms with van der Waals surface area (Å²) in [4.78, 5) is 12.1. The number of hydrogen-bond acceptors (Lipinski definition) is 3. The zero-order valence-electron chi connectivity index (χ0n) is 11.7. The van der Waals surface area contributed by atoms with Gasteiger partial charge >= 0.3 is 0 Å². The van der Waals surface area contributed by atoms with Crippen LogP contribution >= 0.6 is 12.4 Å². The van der Waals surface area contributed by atoms with Crippen molar-refractivity contribution >= 4 is 24.0 Å². The summed E-state index contributed by atoms with van der Waals surface area (Å²) in [6.45, 7) is 0.927. The van der Waals surface area contributed by atoms with Gasteiger partial charge in [-0.25, -0.2) is 4.68 Å². The fraction of sp³-hybridized carbons (Fsp3) is 0.333. The van der Waals surface area contributed by atoms with E-state index in [9.17, 15) is 4.79 Å². The Kier molecular flexibility index (Phi) is 5.36. The number of anilines is 1. The van der Waals surface area contributed by atoms with E-state index < -0.39 is 0 Å². The van der Waals surface area contributed by atoms with Gasteiger partial charge in [-0.15, -0.1) is 12.4 Å². The van der Waals surface area contributed by atoms with Crippen molar-refractivity contribution < 1.29 is 4.79 Å². The van der Waals surface area contributed by atoms with Gasteiger partial charge in [0.2, 0.25) is 5.91 Å². The van der Waals surface area contributed by atoms with Gasteiger partial charge in [-0.1, -0.05) is 6.42 Å². The average molecular weight is 307 g/mol. The number of nitrogens with zero attached hydrogens (tertiary/aromatic N) is 2. The van der Waals surface area contributed by atoms with E-state index in [1.165, 1.54) is 0 Å². The van der Waals surface area contributed by atoms with Crippen LogP contribution in [-0.2, 0) is 4.79 Å². The number of carbonyl (C=O) groups is 1. The number of hydrogen-bond donors (Lipinski definition) is 2. The van der Waals surface area contributed by atoms with Crippen molar-refractivity contribution in [2.45, 2.75) is 25.3 Å². The first-order chi connectivity index (χ1) is 9.83. The van der Waals surface area contributed by atoms with E-state index >= 15 is 0 Å². The lowest BCUT2D eigenvalue weighted by molar-refractivity contribution is -0.118. The van der Waals surface area contributed by atoms with E-state index in [-0.39, 0.29) is 24.4 Å². The first-order valence-electron chi connectivity index (χ1n) is 6.97. The highest BCUT2D eigenvalue weighted by Gasteiger charge is 2.20. The Bertz CT molecular complexity index is 562. The molecule has 5 nitrogen and oxygen atoms in total. The summed E-state index contributed by atoms with van der Waals surface area (Å²) in [7, 11) is 0. The molecule has 2 N–H and O–H groups in total. The molecule has 0 radical (unpaired) electrons. The molecule has 0 unspecified atom stereocenters. The Morgan fingerprint density at radius 1 is 1.29 bits per heavy atom. The molecule has 1 fully saturated rings. The van der Waals surface area contributed by atoms with Gasteiger partial charge in [0.15, 0.2) is 0 Å². The molecule has 6 heteroatoms. The number of benzene rings is 1. The molecule has 0 saturated carbocycles. The summed E-state index contributed by atoms with van der Waals surface area (Å²) in [5.41, 5.74) is 1.79. The molecular formula is C15H19ClN4O. The molecule has 21 heavy (non-hydrogen) atoms. The number of aromatic nitrogens is 2. The largest absolute Gasteiger partial charge is 0.325 e. The van der Waals surface area contributed by atoms with Gasteiger partial charge in [-0.3, -0.25) is 4.79 Å². The molecule has 1 aromatic carbocycles. The van der Waals surface area contributed by atoms with Crippen LogP contribution in [0.3, 0.4) is 0 Å². The van der Waals surface area contributed by atoms with Gasteiger partial charge in [0.1, 0.15) is 0 Å². The number of amides is 1. The molecular weight excluding hydrogens is 288 g/mol. The molecule has 1 aliphatic rings. The van der Waals surface area contributed by atoms with Gasteiger partial charge in [-0.05, 0) is 49.7 Å². The molecule has 0 spiro atoms. The standard InChI is InChI=1S/C15H18N4O.ClH/c20-15(14-4-1-2-9-16-14)18-12-5-7-13(8-6-12)19-11-3-10-17-19;/h3,5-8,10-11,14,16H,1-2,4,9H2,(H,18,20);1H/t14-;/m1./s1. The maximum Gasteiger partial charge on any atom is 0.241 e. The maximum absolute atomic E-state index is 12.1. The molecule has 112 valence electrons. The Morgan fingerprint density at radius 3 is 2.71 bits per heavy atom. The summed E-state index contributed by atoms with van der Waals surface area (Å²) in [5, 5.41) is 10.4. The topological polar surface area (TPSA) is 59.0 Å². The monoisotopic (exact) mass is 306 g/mol. The van der Waals surface area contributed by atoms with E-state index in [0.717, 1.165) is 37.2 Å². The van der Waals surface area contributed by atoms with Crippen LogP contribution in [0.5, 0.6) is 0 Å². The number of nitrogens with one attached hydrogen (secondary N) is 2. The lowest BCUT2D eigenvalue weighted by atomic mass is 10.0. The lowest BCUT2D eigenvalue weighted by Crippen LogP contribution is -2.43. The van der Waals surface area contributed by atoms with E-state index in [0.29, 0.717) is 0 Å². The Hall–Kier alpha value is -1.85. The summed E-state index contributed by atoms with van der Waals surface area (Å²) < 4.78 is 1.79. The zero-order chi connectivity index (χ0) is 13.8. The highest BCUT2D eigenvalue weighted by atomic mass is 35.5. The van der Waals surface area contributed by atoms with Crippen LogP contribution in [0.1, 0.15) is 19.3 Å². The quantitative estimate of drug-likeness (QED) is 0.915. The molecule has 2 aromatic rings. The first-order valence-corrected chi connectivity index (χ1v) is 6.97. The second-order valence-electron chi connectivity index (χ2n) is 4.99.